The van der Waals surface area contributed by atoms with Gasteiger partial charge >= 0.3 is 217 Å². The van der Waals surface area contributed by atoms with Gasteiger partial charge in [0.15, 0.2) is 0 Å². The van der Waals surface area contributed by atoms with Gasteiger partial charge < -0.3 is 0 Å². The Morgan fingerprint density at radius 1 is 0.914 bits per heavy atom. The second kappa shape index (κ2) is 11.2. The Morgan fingerprint density at radius 2 is 1.43 bits per heavy atom. The van der Waals surface area contributed by atoms with Crippen molar-refractivity contribution in [1.82, 2.24) is 0 Å². The number of carbonyl (C=O) groups is 1. The number of rotatable bonds is 8. The first-order valence-corrected chi connectivity index (χ1v) is 15.8. The van der Waals surface area contributed by atoms with Gasteiger partial charge in [0.05, 0.1) is 0 Å². The second-order valence-electron chi connectivity index (χ2n) is 9.92. The fourth-order valence-corrected chi connectivity index (χ4v) is 12.0. The van der Waals surface area contributed by atoms with E-state index >= 15 is 0 Å². The third kappa shape index (κ3) is 5.96. The molecule has 0 saturated carbocycles. The van der Waals surface area contributed by atoms with Crippen LogP contribution >= 0.6 is 0 Å². The first-order chi connectivity index (χ1) is 16.8. The topological polar surface area (TPSA) is 44.8 Å². The quantitative estimate of drug-likeness (QED) is 0.238. The molecule has 0 aromatic heterocycles. The number of hydrogen-bond acceptors (Lipinski definition) is 4. The third-order valence-electron chi connectivity index (χ3n) is 6.34. The molecule has 3 aromatic rings. The number of ether oxygens (including phenoxy) is 2. The SMILES string of the molecule is CC(=O)O[13C@@H]1O[13C@H]([13CH2]O[Si](c2ccccc2)(c2ccccc2)C(C)(C)C)[13CH2][13C@H]1[Se]c1ccccc1. The van der Waals surface area contributed by atoms with Crippen molar-refractivity contribution in [2.75, 3.05) is 6.61 Å². The van der Waals surface area contributed by atoms with Crippen LogP contribution in [0.4, 0.5) is 0 Å². The van der Waals surface area contributed by atoms with E-state index in [1.807, 2.05) is 6.07 Å². The molecule has 1 saturated heterocycles. The predicted molar refractivity (Wildman–Crippen MR) is 144 cm³/mol. The number of carbonyl (C=O) groups excluding carboxylic acids is 1. The van der Waals surface area contributed by atoms with Crippen LogP contribution in [-0.2, 0) is 18.7 Å². The van der Waals surface area contributed by atoms with E-state index in [1.165, 1.54) is 21.8 Å². The van der Waals surface area contributed by atoms with Crippen LogP contribution in [0.1, 0.15) is 34.1 Å². The molecule has 0 unspecified atom stereocenters. The minimum atomic E-state index is -2.65. The van der Waals surface area contributed by atoms with E-state index in [-0.39, 0.29) is 36.9 Å². The Labute approximate surface area is 216 Å². The molecular formula is C29H34O4SeSi. The van der Waals surface area contributed by atoms with E-state index in [4.69, 9.17) is 13.9 Å². The van der Waals surface area contributed by atoms with Gasteiger partial charge in [-0.05, 0) is 0 Å². The van der Waals surface area contributed by atoms with Crippen molar-refractivity contribution in [2.24, 2.45) is 0 Å². The van der Waals surface area contributed by atoms with Gasteiger partial charge in [-0.15, -0.1) is 0 Å². The predicted octanol–water partition coefficient (Wildman–Crippen LogP) is 4.06. The molecule has 35 heavy (non-hydrogen) atoms. The molecule has 4 nitrogen and oxygen atoms in total. The zero-order valence-electron chi connectivity index (χ0n) is 20.8. The van der Waals surface area contributed by atoms with Crippen molar-refractivity contribution in [1.29, 1.82) is 0 Å². The van der Waals surface area contributed by atoms with Crippen LogP contribution in [0, 0.1) is 0 Å². The van der Waals surface area contributed by atoms with Gasteiger partial charge in [-0.25, -0.2) is 0 Å². The molecule has 0 aliphatic carbocycles. The summed E-state index contributed by atoms with van der Waals surface area (Å²) in [6, 6.07) is 31.7. The van der Waals surface area contributed by atoms with E-state index in [0.29, 0.717) is 6.61 Å². The molecule has 0 bridgehead atoms. The maximum atomic E-state index is 11.8. The molecule has 3 aromatic carbocycles. The van der Waals surface area contributed by atoms with E-state index in [2.05, 4.69) is 106 Å². The molecule has 0 amide bonds. The van der Waals surface area contributed by atoms with Crippen LogP contribution in [0.2, 0.25) is 9.85 Å². The Bertz CT molecular complexity index is 1050. The average molecular weight is 559 g/mol. The Morgan fingerprint density at radius 3 is 1.91 bits per heavy atom. The Balaban J connectivity index is 1.60. The molecule has 0 spiro atoms. The molecular weight excluding hydrogens is 524 g/mol. The molecule has 184 valence electrons. The molecule has 6 heteroatoms. The number of hydrogen-bond donors (Lipinski definition) is 0. The van der Waals surface area contributed by atoms with Gasteiger partial charge in [0.1, 0.15) is 0 Å². The van der Waals surface area contributed by atoms with E-state index in [9.17, 15) is 4.79 Å². The zero-order chi connectivity index (χ0) is 24.9. The molecule has 0 radical (unpaired) electrons. The molecule has 1 aliphatic heterocycles. The van der Waals surface area contributed by atoms with Crippen LogP contribution in [0.25, 0.3) is 0 Å². The van der Waals surface area contributed by atoms with Crippen molar-refractivity contribution in [3.63, 3.8) is 0 Å². The van der Waals surface area contributed by atoms with Crippen molar-refractivity contribution >= 4 is 44.1 Å². The van der Waals surface area contributed by atoms with Gasteiger partial charge in [-0.3, -0.25) is 0 Å². The van der Waals surface area contributed by atoms with Crippen LogP contribution < -0.4 is 14.8 Å². The Hall–Kier alpha value is -2.21. The summed E-state index contributed by atoms with van der Waals surface area (Å²) in [7, 11) is -2.65. The van der Waals surface area contributed by atoms with E-state index in [0.717, 1.165) is 6.42 Å². The van der Waals surface area contributed by atoms with Crippen LogP contribution in [0.3, 0.4) is 0 Å². The fourth-order valence-electron chi connectivity index (χ4n) is 4.83. The van der Waals surface area contributed by atoms with Crippen molar-refractivity contribution < 1.29 is 18.7 Å². The van der Waals surface area contributed by atoms with Crippen LogP contribution in [0.15, 0.2) is 91.0 Å². The molecule has 1 aliphatic rings. The summed E-state index contributed by atoms with van der Waals surface area (Å²) in [6.07, 6.45) is 0.155. The van der Waals surface area contributed by atoms with Crippen molar-refractivity contribution in [3.8, 4) is 0 Å². The zero-order valence-corrected chi connectivity index (χ0v) is 23.6. The molecule has 4 rings (SSSR count). The summed E-state index contributed by atoms with van der Waals surface area (Å²) in [6.45, 7) is 8.74. The normalized spacial score (nSPS) is 20.5. The summed E-state index contributed by atoms with van der Waals surface area (Å²) in [5.41, 5.74) is 0. The molecule has 3 atom stereocenters. The van der Waals surface area contributed by atoms with E-state index in [1.54, 1.807) is 0 Å². The Kier molecular flexibility index (Phi) is 8.30. The number of benzene rings is 3. The third-order valence-corrected chi connectivity index (χ3v) is 14.0. The first kappa shape index (κ1) is 25.9. The van der Waals surface area contributed by atoms with Crippen LogP contribution in [0.5, 0.6) is 0 Å². The standard InChI is InChI=1S/C29H34O4SeSi/c1-22(30)32-28-27(34-24-14-8-5-9-15-24)20-23(33-28)21-31-35(29(2,3)4,25-16-10-6-11-17-25)26-18-12-7-13-19-26/h5-19,23,27-28H,20-21H2,1-4H3/t23-,27+,28+/m0/s1/i20+1,21+1,23+1,27+1,28+1. The minimum absolute atomic E-state index is 0.100. The van der Waals surface area contributed by atoms with Gasteiger partial charge in [0, 0.05) is 0 Å². The van der Waals surface area contributed by atoms with Gasteiger partial charge in [0.25, 0.3) is 0 Å². The summed E-state index contributed by atoms with van der Waals surface area (Å²) < 4.78 is 20.3. The maximum absolute atomic E-state index is 11.8. The van der Waals surface area contributed by atoms with Crippen LogP contribution in [-0.4, -0.2) is 48.2 Å². The fraction of sp³-hybridized carbons (Fsp3) is 0.345. The summed E-state index contributed by atoms with van der Waals surface area (Å²) >= 11 is 0.132. The van der Waals surface area contributed by atoms with Gasteiger partial charge in [0.2, 0.25) is 0 Å². The summed E-state index contributed by atoms with van der Waals surface area (Å²) in [5, 5.41) is 2.40. The van der Waals surface area contributed by atoms with Crippen molar-refractivity contribution in [2.45, 2.75) is 56.4 Å². The second-order valence-corrected chi connectivity index (χ2v) is 17.0. The first-order valence-electron chi connectivity index (χ1n) is 12.1. The average Bonchev–Trinajstić information content (AvgIpc) is 3.21. The van der Waals surface area contributed by atoms with Gasteiger partial charge in [-0.1, -0.05) is 0 Å². The molecule has 1 heterocycles. The van der Waals surface area contributed by atoms with Crippen molar-refractivity contribution in [3.05, 3.63) is 91.0 Å². The van der Waals surface area contributed by atoms with Gasteiger partial charge in [-0.2, -0.15) is 0 Å². The summed E-state index contributed by atoms with van der Waals surface area (Å²) in [4.78, 5) is 12.0. The molecule has 1 fully saturated rings. The monoisotopic (exact) mass is 559 g/mol. The van der Waals surface area contributed by atoms with E-state index < -0.39 is 14.6 Å². The number of esters is 1. The summed E-state index contributed by atoms with van der Waals surface area (Å²) in [5.74, 6) is -0.308. The molecule has 0 N–H and O–H groups in total.